The average molecular weight is 245 g/mol. The number of halogens is 1. The molecule has 94 valence electrons. The van der Waals surface area contributed by atoms with Gasteiger partial charge in [-0.25, -0.2) is 9.07 Å². The maximum absolute atomic E-state index is 12.9. The number of nitrogens with zero attached hydrogens (tertiary/aromatic N) is 2. The van der Waals surface area contributed by atoms with E-state index in [-0.39, 0.29) is 5.82 Å². The van der Waals surface area contributed by atoms with Crippen LogP contribution in [0.15, 0.2) is 30.5 Å². The number of aromatic nitrogens is 2. The second kappa shape index (κ2) is 4.53. The fourth-order valence-electron chi connectivity index (χ4n) is 2.66. The van der Waals surface area contributed by atoms with Crippen molar-refractivity contribution in [2.45, 2.75) is 25.3 Å². The fraction of sp³-hybridized carbons (Fsp3) is 0.357. The van der Waals surface area contributed by atoms with Gasteiger partial charge in [0.1, 0.15) is 5.82 Å². The molecule has 1 aliphatic rings. The third kappa shape index (κ3) is 1.82. The molecule has 0 fully saturated rings. The van der Waals surface area contributed by atoms with Gasteiger partial charge in [-0.2, -0.15) is 5.10 Å². The van der Waals surface area contributed by atoms with E-state index in [1.54, 1.807) is 12.1 Å². The third-order valence-corrected chi connectivity index (χ3v) is 3.60. The van der Waals surface area contributed by atoms with Crippen LogP contribution in [-0.4, -0.2) is 16.8 Å². The van der Waals surface area contributed by atoms with Gasteiger partial charge in [-0.15, -0.1) is 0 Å². The van der Waals surface area contributed by atoms with Crippen LogP contribution in [0.3, 0.4) is 0 Å². The van der Waals surface area contributed by atoms with Crippen molar-refractivity contribution in [2.75, 3.05) is 7.05 Å². The zero-order valence-electron chi connectivity index (χ0n) is 10.4. The van der Waals surface area contributed by atoms with Gasteiger partial charge in [-0.05, 0) is 50.6 Å². The van der Waals surface area contributed by atoms with Crippen LogP contribution < -0.4 is 5.32 Å². The molecule has 3 nitrogen and oxygen atoms in total. The van der Waals surface area contributed by atoms with Crippen LogP contribution in [0.4, 0.5) is 4.39 Å². The van der Waals surface area contributed by atoms with Gasteiger partial charge in [-0.3, -0.25) is 0 Å². The first-order valence-electron chi connectivity index (χ1n) is 6.29. The van der Waals surface area contributed by atoms with Crippen LogP contribution in [0.1, 0.15) is 30.1 Å². The van der Waals surface area contributed by atoms with Crippen molar-refractivity contribution in [1.82, 2.24) is 15.1 Å². The normalized spacial score (nSPS) is 18.7. The lowest BCUT2D eigenvalue weighted by molar-refractivity contribution is 0.490. The molecule has 1 aliphatic carbocycles. The van der Waals surface area contributed by atoms with Crippen LogP contribution in [-0.2, 0) is 6.42 Å². The highest BCUT2D eigenvalue weighted by Gasteiger charge is 2.23. The zero-order chi connectivity index (χ0) is 12.5. The number of nitrogens with one attached hydrogen (secondary N) is 1. The molecule has 0 bridgehead atoms. The zero-order valence-corrected chi connectivity index (χ0v) is 10.4. The molecule has 1 atom stereocenters. The summed E-state index contributed by atoms with van der Waals surface area (Å²) < 4.78 is 14.9. The highest BCUT2D eigenvalue weighted by Crippen LogP contribution is 2.30. The fourth-order valence-corrected chi connectivity index (χ4v) is 2.66. The molecule has 1 unspecified atom stereocenters. The highest BCUT2D eigenvalue weighted by atomic mass is 19.1. The lowest BCUT2D eigenvalue weighted by Gasteiger charge is -2.22. The Morgan fingerprint density at radius 1 is 1.33 bits per heavy atom. The molecule has 1 heterocycles. The van der Waals surface area contributed by atoms with E-state index in [1.165, 1.54) is 23.4 Å². The Labute approximate surface area is 106 Å². The summed E-state index contributed by atoms with van der Waals surface area (Å²) in [4.78, 5) is 0. The molecule has 1 aromatic carbocycles. The second-order valence-electron chi connectivity index (χ2n) is 4.67. The SMILES string of the molecule is CNC1CCCc2c1cnn2-c1ccc(F)cc1. The minimum absolute atomic E-state index is 0.215. The Morgan fingerprint density at radius 2 is 2.11 bits per heavy atom. The Morgan fingerprint density at radius 3 is 2.83 bits per heavy atom. The van der Waals surface area contributed by atoms with Crippen molar-refractivity contribution in [3.63, 3.8) is 0 Å². The van der Waals surface area contributed by atoms with Crippen LogP contribution in [0.2, 0.25) is 0 Å². The summed E-state index contributed by atoms with van der Waals surface area (Å²) in [7, 11) is 1.98. The van der Waals surface area contributed by atoms with E-state index in [9.17, 15) is 4.39 Å². The Balaban J connectivity index is 2.04. The van der Waals surface area contributed by atoms with Crippen LogP contribution in [0, 0.1) is 5.82 Å². The number of hydrogen-bond acceptors (Lipinski definition) is 2. The molecule has 4 heteroatoms. The van der Waals surface area contributed by atoms with Crippen molar-refractivity contribution in [3.8, 4) is 5.69 Å². The van der Waals surface area contributed by atoms with Gasteiger partial charge in [-0.1, -0.05) is 0 Å². The maximum atomic E-state index is 12.9. The molecule has 1 aromatic heterocycles. The van der Waals surface area contributed by atoms with E-state index in [4.69, 9.17) is 0 Å². The van der Waals surface area contributed by atoms with Crippen molar-refractivity contribution in [3.05, 3.63) is 47.5 Å². The first-order valence-corrected chi connectivity index (χ1v) is 6.29. The molecular weight excluding hydrogens is 229 g/mol. The molecule has 0 saturated carbocycles. The van der Waals surface area contributed by atoms with E-state index in [0.29, 0.717) is 6.04 Å². The maximum Gasteiger partial charge on any atom is 0.123 e. The number of hydrogen-bond donors (Lipinski definition) is 1. The molecule has 2 aromatic rings. The number of rotatable bonds is 2. The minimum atomic E-state index is -0.215. The number of fused-ring (bicyclic) bond motifs is 1. The molecule has 0 saturated heterocycles. The van der Waals surface area contributed by atoms with Gasteiger partial charge in [0.05, 0.1) is 11.9 Å². The summed E-state index contributed by atoms with van der Waals surface area (Å²) in [5.74, 6) is -0.215. The summed E-state index contributed by atoms with van der Waals surface area (Å²) in [6.07, 6.45) is 5.27. The quantitative estimate of drug-likeness (QED) is 0.881. The lowest BCUT2D eigenvalue weighted by Crippen LogP contribution is -2.21. The van der Waals surface area contributed by atoms with E-state index >= 15 is 0 Å². The molecule has 3 rings (SSSR count). The topological polar surface area (TPSA) is 29.9 Å². The molecule has 0 amide bonds. The number of benzene rings is 1. The summed E-state index contributed by atoms with van der Waals surface area (Å²) in [5.41, 5.74) is 3.44. The average Bonchev–Trinajstić information content (AvgIpc) is 2.83. The summed E-state index contributed by atoms with van der Waals surface area (Å²) in [5, 5.41) is 7.77. The van der Waals surface area contributed by atoms with Crippen molar-refractivity contribution in [2.24, 2.45) is 0 Å². The van der Waals surface area contributed by atoms with E-state index in [2.05, 4.69) is 10.4 Å². The first kappa shape index (κ1) is 11.4. The van der Waals surface area contributed by atoms with Gasteiger partial charge in [0.15, 0.2) is 0 Å². The second-order valence-corrected chi connectivity index (χ2v) is 4.67. The highest BCUT2D eigenvalue weighted by molar-refractivity contribution is 5.37. The minimum Gasteiger partial charge on any atom is -0.313 e. The van der Waals surface area contributed by atoms with Crippen LogP contribution >= 0.6 is 0 Å². The third-order valence-electron chi connectivity index (χ3n) is 3.60. The Hall–Kier alpha value is -1.68. The van der Waals surface area contributed by atoms with Gasteiger partial charge >= 0.3 is 0 Å². The van der Waals surface area contributed by atoms with Gasteiger partial charge in [0, 0.05) is 17.3 Å². The summed E-state index contributed by atoms with van der Waals surface area (Å²) >= 11 is 0. The molecule has 1 N–H and O–H groups in total. The molecule has 0 radical (unpaired) electrons. The predicted molar refractivity (Wildman–Crippen MR) is 68.3 cm³/mol. The molecule has 0 spiro atoms. The molecular formula is C14H16FN3. The van der Waals surface area contributed by atoms with E-state index < -0.39 is 0 Å². The van der Waals surface area contributed by atoms with Crippen molar-refractivity contribution in [1.29, 1.82) is 0 Å². The standard InChI is InChI=1S/C14H16FN3/c1-16-13-3-2-4-14-12(13)9-17-18(14)11-7-5-10(15)6-8-11/h5-9,13,16H,2-4H2,1H3. The monoisotopic (exact) mass is 245 g/mol. The molecule has 0 aliphatic heterocycles. The first-order chi connectivity index (χ1) is 8.79. The van der Waals surface area contributed by atoms with Gasteiger partial charge < -0.3 is 5.32 Å². The summed E-state index contributed by atoms with van der Waals surface area (Å²) in [6, 6.07) is 6.88. The van der Waals surface area contributed by atoms with Crippen molar-refractivity contribution < 1.29 is 4.39 Å². The van der Waals surface area contributed by atoms with Crippen LogP contribution in [0.25, 0.3) is 5.69 Å². The Kier molecular flexibility index (Phi) is 2.88. The largest absolute Gasteiger partial charge is 0.313 e. The van der Waals surface area contributed by atoms with Gasteiger partial charge in [0.25, 0.3) is 0 Å². The smallest absolute Gasteiger partial charge is 0.123 e. The lowest BCUT2D eigenvalue weighted by atomic mass is 9.93. The predicted octanol–water partition coefficient (Wildman–Crippen LogP) is 2.61. The van der Waals surface area contributed by atoms with Gasteiger partial charge in [0.2, 0.25) is 0 Å². The van der Waals surface area contributed by atoms with E-state index in [0.717, 1.165) is 24.9 Å². The molecule has 18 heavy (non-hydrogen) atoms. The van der Waals surface area contributed by atoms with E-state index in [1.807, 2.05) is 17.9 Å². The summed E-state index contributed by atoms with van der Waals surface area (Å²) in [6.45, 7) is 0. The van der Waals surface area contributed by atoms with Crippen molar-refractivity contribution >= 4 is 0 Å². The Bertz CT molecular complexity index is 545. The van der Waals surface area contributed by atoms with Crippen LogP contribution in [0.5, 0.6) is 0 Å².